The quantitative estimate of drug-likeness (QED) is 0.556. The zero-order valence-corrected chi connectivity index (χ0v) is 15.1. The average molecular weight is 385 g/mol. The average Bonchev–Trinajstić information content (AvgIpc) is 3.32. The second-order valence-corrected chi connectivity index (χ2v) is 7.65. The number of hydrogen-bond acceptors (Lipinski definition) is 6. The van der Waals surface area contributed by atoms with E-state index in [0.29, 0.717) is 11.4 Å². The molecule has 0 spiro atoms. The fraction of sp³-hybridized carbons (Fsp3) is 0.111. The minimum absolute atomic E-state index is 0.337. The number of aliphatic hydroxyl groups is 1. The van der Waals surface area contributed by atoms with Crippen molar-refractivity contribution >= 4 is 44.6 Å². The Morgan fingerprint density at radius 2 is 2.04 bits per heavy atom. The van der Waals surface area contributed by atoms with Crippen LogP contribution in [0.2, 0.25) is 0 Å². The van der Waals surface area contributed by atoms with Gasteiger partial charge in [0.2, 0.25) is 5.66 Å². The van der Waals surface area contributed by atoms with Gasteiger partial charge >= 0.3 is 0 Å². The summed E-state index contributed by atoms with van der Waals surface area (Å²) in [5.74, 6) is -1.56. The molecular weight excluding hydrogens is 370 g/mol. The number of fused-ring (bicyclic) bond motifs is 1. The molecule has 6 nitrogen and oxygen atoms in total. The molecule has 26 heavy (non-hydrogen) atoms. The summed E-state index contributed by atoms with van der Waals surface area (Å²) < 4.78 is 1.15. The van der Waals surface area contributed by atoms with E-state index < -0.39 is 23.2 Å². The van der Waals surface area contributed by atoms with Gasteiger partial charge in [-0.15, -0.1) is 22.7 Å². The van der Waals surface area contributed by atoms with Gasteiger partial charge in [-0.05, 0) is 33.8 Å². The molecule has 0 saturated heterocycles. The smallest absolute Gasteiger partial charge is 0.290 e. The minimum atomic E-state index is -1.44. The molecular formula is C18H15N3O3S2. The molecule has 3 aromatic rings. The van der Waals surface area contributed by atoms with E-state index in [9.17, 15) is 14.7 Å². The second kappa shape index (κ2) is 6.47. The van der Waals surface area contributed by atoms with Gasteiger partial charge in [-0.1, -0.05) is 24.3 Å². The number of carbonyl (C=O) groups is 2. The fourth-order valence-electron chi connectivity index (χ4n) is 2.85. The molecule has 0 aliphatic carbocycles. The predicted octanol–water partition coefficient (Wildman–Crippen LogP) is 2.55. The molecule has 1 aromatic carbocycles. The van der Waals surface area contributed by atoms with E-state index in [1.807, 2.05) is 35.0 Å². The number of amides is 2. The molecule has 1 aliphatic rings. The largest absolute Gasteiger partial charge is 0.502 e. The first-order valence-corrected chi connectivity index (χ1v) is 9.63. The molecule has 0 bridgehead atoms. The van der Waals surface area contributed by atoms with Gasteiger partial charge < -0.3 is 21.1 Å². The Kier molecular flexibility index (Phi) is 4.14. The Balaban J connectivity index is 1.61. The van der Waals surface area contributed by atoms with Gasteiger partial charge in [-0.25, -0.2) is 0 Å². The van der Waals surface area contributed by atoms with Crippen molar-refractivity contribution in [2.75, 3.05) is 0 Å². The zero-order valence-electron chi connectivity index (χ0n) is 13.5. The maximum absolute atomic E-state index is 13.0. The van der Waals surface area contributed by atoms with Crippen molar-refractivity contribution in [1.82, 2.24) is 16.0 Å². The summed E-state index contributed by atoms with van der Waals surface area (Å²) >= 11 is 2.96. The number of aliphatic hydroxyl groups excluding tert-OH is 1. The van der Waals surface area contributed by atoms with Crippen LogP contribution in [-0.2, 0) is 21.8 Å². The van der Waals surface area contributed by atoms with Crippen LogP contribution in [0.25, 0.3) is 10.1 Å². The summed E-state index contributed by atoms with van der Waals surface area (Å²) in [4.78, 5) is 25.6. The van der Waals surface area contributed by atoms with Crippen LogP contribution in [0.5, 0.6) is 0 Å². The van der Waals surface area contributed by atoms with Crippen LogP contribution in [0.4, 0.5) is 0 Å². The third kappa shape index (κ3) is 2.73. The van der Waals surface area contributed by atoms with Crippen LogP contribution in [0.3, 0.4) is 0 Å². The highest BCUT2D eigenvalue weighted by Gasteiger charge is 2.45. The molecule has 1 atom stereocenters. The molecule has 1 unspecified atom stereocenters. The van der Waals surface area contributed by atoms with E-state index in [-0.39, 0.29) is 0 Å². The summed E-state index contributed by atoms with van der Waals surface area (Å²) in [6.07, 6.45) is 1.15. The molecule has 0 saturated carbocycles. The molecule has 132 valence electrons. The van der Waals surface area contributed by atoms with Crippen molar-refractivity contribution < 1.29 is 14.7 Å². The topological polar surface area (TPSA) is 90.5 Å². The van der Waals surface area contributed by atoms with Crippen LogP contribution in [0.1, 0.15) is 10.4 Å². The van der Waals surface area contributed by atoms with Gasteiger partial charge in [0.1, 0.15) is 0 Å². The Morgan fingerprint density at radius 1 is 1.19 bits per heavy atom. The first-order chi connectivity index (χ1) is 12.6. The summed E-state index contributed by atoms with van der Waals surface area (Å²) in [6.45, 7) is 0.337. The van der Waals surface area contributed by atoms with Gasteiger partial charge in [0.15, 0.2) is 5.76 Å². The van der Waals surface area contributed by atoms with Crippen LogP contribution in [0, 0.1) is 0 Å². The number of rotatable bonds is 4. The molecule has 2 amide bonds. The third-order valence-corrected chi connectivity index (χ3v) is 6.19. The molecule has 1 aliphatic heterocycles. The highest BCUT2D eigenvalue weighted by Crippen LogP contribution is 2.28. The van der Waals surface area contributed by atoms with Gasteiger partial charge in [-0.2, -0.15) is 0 Å². The molecule has 3 heterocycles. The Morgan fingerprint density at radius 3 is 2.81 bits per heavy atom. The van der Waals surface area contributed by atoms with E-state index in [2.05, 4.69) is 16.0 Å². The number of nitrogens with one attached hydrogen (secondary N) is 3. The lowest BCUT2D eigenvalue weighted by molar-refractivity contribution is -0.135. The van der Waals surface area contributed by atoms with Crippen LogP contribution in [-0.4, -0.2) is 16.9 Å². The minimum Gasteiger partial charge on any atom is -0.502 e. The monoisotopic (exact) mass is 385 g/mol. The maximum atomic E-state index is 13.0. The van der Waals surface area contributed by atoms with E-state index >= 15 is 0 Å². The van der Waals surface area contributed by atoms with Gasteiger partial charge in [0.25, 0.3) is 11.8 Å². The number of hydrogen-bond donors (Lipinski definition) is 4. The Bertz CT molecular complexity index is 1010. The molecule has 0 radical (unpaired) electrons. The Hall–Kier alpha value is -2.84. The SMILES string of the molecule is O=C1NC(C(=O)NCc2csc3ccccc23)(c2cccs2)NC=C1O. The van der Waals surface area contributed by atoms with E-state index in [1.54, 1.807) is 23.5 Å². The van der Waals surface area contributed by atoms with Gasteiger partial charge in [0.05, 0.1) is 4.88 Å². The number of thiophene rings is 2. The summed E-state index contributed by atoms with van der Waals surface area (Å²) in [5, 5.41) is 22.8. The van der Waals surface area contributed by atoms with E-state index in [4.69, 9.17) is 0 Å². The molecule has 4 rings (SSSR count). The lowest BCUT2D eigenvalue weighted by Crippen LogP contribution is -2.65. The van der Waals surface area contributed by atoms with Crippen molar-refractivity contribution in [2.45, 2.75) is 12.2 Å². The number of benzene rings is 1. The zero-order chi connectivity index (χ0) is 18.1. The lowest BCUT2D eigenvalue weighted by Gasteiger charge is -2.35. The van der Waals surface area contributed by atoms with Gasteiger partial charge in [0, 0.05) is 17.4 Å². The van der Waals surface area contributed by atoms with Crippen LogP contribution < -0.4 is 16.0 Å². The molecule has 2 aromatic heterocycles. The summed E-state index contributed by atoms with van der Waals surface area (Å²) in [7, 11) is 0. The first-order valence-electron chi connectivity index (χ1n) is 7.87. The van der Waals surface area contributed by atoms with Crippen LogP contribution in [0.15, 0.2) is 59.1 Å². The Labute approximate surface area is 157 Å². The highest BCUT2D eigenvalue weighted by molar-refractivity contribution is 7.17. The van der Waals surface area contributed by atoms with Crippen molar-refractivity contribution in [3.63, 3.8) is 0 Å². The lowest BCUT2D eigenvalue weighted by atomic mass is 10.0. The van der Waals surface area contributed by atoms with E-state index in [0.717, 1.165) is 21.8 Å². The fourth-order valence-corrected chi connectivity index (χ4v) is 4.65. The highest BCUT2D eigenvalue weighted by atomic mass is 32.1. The van der Waals surface area contributed by atoms with Crippen molar-refractivity contribution in [3.8, 4) is 0 Å². The number of carbonyl (C=O) groups excluding carboxylic acids is 2. The standard InChI is InChI=1S/C18H15N3O3S2/c22-13-9-20-18(21-16(13)23,15-6-3-7-25-15)17(24)19-8-11-10-26-14-5-2-1-4-12(11)14/h1-7,9-10,20,22H,8H2,(H,19,24)(H,21,23). The summed E-state index contributed by atoms with van der Waals surface area (Å²) in [5.41, 5.74) is -0.427. The first kappa shape index (κ1) is 16.6. The van der Waals surface area contributed by atoms with E-state index in [1.165, 1.54) is 11.3 Å². The molecule has 4 N–H and O–H groups in total. The van der Waals surface area contributed by atoms with Crippen molar-refractivity contribution in [2.24, 2.45) is 0 Å². The summed E-state index contributed by atoms with van der Waals surface area (Å²) in [6, 6.07) is 11.6. The predicted molar refractivity (Wildman–Crippen MR) is 102 cm³/mol. The van der Waals surface area contributed by atoms with Crippen molar-refractivity contribution in [1.29, 1.82) is 0 Å². The normalized spacial score (nSPS) is 19.5. The van der Waals surface area contributed by atoms with Crippen molar-refractivity contribution in [3.05, 3.63) is 69.6 Å². The maximum Gasteiger partial charge on any atom is 0.290 e. The second-order valence-electron chi connectivity index (χ2n) is 5.80. The van der Waals surface area contributed by atoms with Gasteiger partial charge in [-0.3, -0.25) is 9.59 Å². The third-order valence-electron chi connectivity index (χ3n) is 4.19. The van der Waals surface area contributed by atoms with Crippen LogP contribution >= 0.6 is 22.7 Å². The molecule has 0 fully saturated rings. The molecule has 8 heteroatoms.